The van der Waals surface area contributed by atoms with Gasteiger partial charge in [-0.2, -0.15) is 0 Å². The first-order chi connectivity index (χ1) is 11.7. The predicted molar refractivity (Wildman–Crippen MR) is 98.8 cm³/mol. The molecule has 3 saturated carbocycles. The molecule has 3 fully saturated rings. The molecule has 24 heavy (non-hydrogen) atoms. The van der Waals surface area contributed by atoms with Crippen LogP contribution in [0.5, 0.6) is 0 Å². The molecule has 140 valence electrons. The summed E-state index contributed by atoms with van der Waals surface area (Å²) in [6.45, 7) is 2.31. The lowest BCUT2D eigenvalue weighted by Gasteiger charge is -2.43. The lowest BCUT2D eigenvalue weighted by atomic mass is 9.64. The van der Waals surface area contributed by atoms with Crippen LogP contribution in [0, 0.1) is 29.6 Å². The lowest BCUT2D eigenvalue weighted by molar-refractivity contribution is 0.00616. The van der Waals surface area contributed by atoms with Crippen LogP contribution in [0.3, 0.4) is 0 Å². The molecule has 0 aromatic heterocycles. The molecule has 3 aliphatic carbocycles. The van der Waals surface area contributed by atoms with E-state index in [-0.39, 0.29) is 0 Å². The first kappa shape index (κ1) is 18.7. The van der Waals surface area contributed by atoms with Crippen molar-refractivity contribution in [3.8, 4) is 0 Å². The lowest BCUT2D eigenvalue weighted by Crippen LogP contribution is -2.37. The molecule has 3 aliphatic rings. The molecule has 0 N–H and O–H groups in total. The highest BCUT2D eigenvalue weighted by molar-refractivity contribution is 4.90. The minimum Gasteiger partial charge on any atom is -0.381 e. The van der Waals surface area contributed by atoms with Crippen LogP contribution in [0.2, 0.25) is 0 Å². The maximum atomic E-state index is 15.0. The van der Waals surface area contributed by atoms with Crippen molar-refractivity contribution in [3.05, 3.63) is 0 Å². The van der Waals surface area contributed by atoms with Gasteiger partial charge in [0.25, 0.3) is 0 Å². The van der Waals surface area contributed by atoms with E-state index in [0.29, 0.717) is 23.9 Å². The molecular weight excluding hydrogens is 299 g/mol. The fourth-order valence-electron chi connectivity index (χ4n) is 6.24. The third kappa shape index (κ3) is 4.54. The van der Waals surface area contributed by atoms with Gasteiger partial charge in [0.1, 0.15) is 6.17 Å². The second kappa shape index (κ2) is 9.01. The van der Waals surface area contributed by atoms with E-state index in [1.165, 1.54) is 57.8 Å². The second-order valence-electron chi connectivity index (χ2n) is 9.09. The zero-order valence-corrected chi connectivity index (χ0v) is 16.0. The summed E-state index contributed by atoms with van der Waals surface area (Å²) in [5.74, 6) is 3.48. The van der Waals surface area contributed by atoms with E-state index in [4.69, 9.17) is 4.74 Å². The van der Waals surface area contributed by atoms with Crippen molar-refractivity contribution < 1.29 is 9.13 Å². The molecule has 0 saturated heterocycles. The number of alkyl halides is 1. The monoisotopic (exact) mass is 338 g/mol. The van der Waals surface area contributed by atoms with Crippen LogP contribution in [-0.2, 0) is 4.74 Å². The molecule has 3 atom stereocenters. The predicted octanol–water partition coefficient (Wildman–Crippen LogP) is 6.55. The van der Waals surface area contributed by atoms with Crippen molar-refractivity contribution in [3.63, 3.8) is 0 Å². The smallest absolute Gasteiger partial charge is 0.103 e. The highest BCUT2D eigenvalue weighted by atomic mass is 19.1. The Labute approximate surface area is 149 Å². The molecule has 0 aliphatic heterocycles. The SMILES string of the molecule is CCCC1CCC(C2CCC(C3CCC(OC)CC3)C(F)C2)CC1. The Morgan fingerprint density at radius 3 is 2.00 bits per heavy atom. The van der Waals surface area contributed by atoms with Crippen molar-refractivity contribution in [1.29, 1.82) is 0 Å². The second-order valence-corrected chi connectivity index (χ2v) is 9.09. The van der Waals surface area contributed by atoms with Crippen molar-refractivity contribution in [2.75, 3.05) is 7.11 Å². The highest BCUT2D eigenvalue weighted by Gasteiger charge is 2.39. The molecule has 0 aromatic rings. The Morgan fingerprint density at radius 2 is 1.42 bits per heavy atom. The van der Waals surface area contributed by atoms with Crippen LogP contribution in [-0.4, -0.2) is 19.4 Å². The summed E-state index contributed by atoms with van der Waals surface area (Å²) in [7, 11) is 1.82. The maximum Gasteiger partial charge on any atom is 0.103 e. The maximum absolute atomic E-state index is 15.0. The quantitative estimate of drug-likeness (QED) is 0.552. The molecule has 0 amide bonds. The first-order valence-corrected chi connectivity index (χ1v) is 10.9. The number of methoxy groups -OCH3 is 1. The van der Waals surface area contributed by atoms with Gasteiger partial charge >= 0.3 is 0 Å². The summed E-state index contributed by atoms with van der Waals surface area (Å²) in [4.78, 5) is 0. The zero-order valence-electron chi connectivity index (χ0n) is 16.0. The first-order valence-electron chi connectivity index (χ1n) is 10.9. The molecular formula is C22H39FO. The Bertz CT molecular complexity index is 355. The number of rotatable bonds is 5. The van der Waals surface area contributed by atoms with Crippen molar-refractivity contribution in [1.82, 2.24) is 0 Å². The minimum atomic E-state index is -0.527. The van der Waals surface area contributed by atoms with Crippen LogP contribution in [0.15, 0.2) is 0 Å². The summed E-state index contributed by atoms with van der Waals surface area (Å²) >= 11 is 0. The minimum absolute atomic E-state index is 0.357. The van der Waals surface area contributed by atoms with E-state index in [2.05, 4.69) is 6.92 Å². The molecule has 2 heteroatoms. The summed E-state index contributed by atoms with van der Waals surface area (Å²) in [5.41, 5.74) is 0. The normalized spacial score (nSPS) is 44.4. The van der Waals surface area contributed by atoms with Gasteiger partial charge in [0.15, 0.2) is 0 Å². The zero-order chi connectivity index (χ0) is 16.9. The fourth-order valence-corrected chi connectivity index (χ4v) is 6.24. The number of ether oxygens (including phenoxy) is 1. The van der Waals surface area contributed by atoms with E-state index in [1.807, 2.05) is 7.11 Å². The molecule has 3 rings (SSSR count). The van der Waals surface area contributed by atoms with Crippen LogP contribution < -0.4 is 0 Å². The van der Waals surface area contributed by atoms with Gasteiger partial charge < -0.3 is 4.74 Å². The third-order valence-corrected chi connectivity index (χ3v) is 7.78. The standard InChI is InChI=1S/C22H39FO/c1-3-4-16-5-7-17(8-6-16)19-11-14-21(22(23)15-19)18-9-12-20(24-2)13-10-18/h16-22H,3-15H2,1-2H3. The summed E-state index contributed by atoms with van der Waals surface area (Å²) in [5, 5.41) is 0. The third-order valence-electron chi connectivity index (χ3n) is 7.78. The Morgan fingerprint density at radius 1 is 0.792 bits per heavy atom. The molecule has 0 bridgehead atoms. The van der Waals surface area contributed by atoms with Gasteiger partial charge in [0.05, 0.1) is 6.10 Å². The Kier molecular flexibility index (Phi) is 7.01. The Hall–Kier alpha value is -0.110. The van der Waals surface area contributed by atoms with E-state index in [1.54, 1.807) is 0 Å². The van der Waals surface area contributed by atoms with Crippen LogP contribution in [0.25, 0.3) is 0 Å². The topological polar surface area (TPSA) is 9.23 Å². The van der Waals surface area contributed by atoms with Gasteiger partial charge in [-0.15, -0.1) is 0 Å². The van der Waals surface area contributed by atoms with Gasteiger partial charge in [-0.25, -0.2) is 4.39 Å². The van der Waals surface area contributed by atoms with Gasteiger partial charge in [-0.3, -0.25) is 0 Å². The van der Waals surface area contributed by atoms with Crippen LogP contribution in [0.1, 0.15) is 90.4 Å². The average Bonchev–Trinajstić information content (AvgIpc) is 2.63. The van der Waals surface area contributed by atoms with E-state index < -0.39 is 6.17 Å². The summed E-state index contributed by atoms with van der Waals surface area (Å²) in [6, 6.07) is 0. The molecule has 0 heterocycles. The van der Waals surface area contributed by atoms with Crippen molar-refractivity contribution in [2.45, 2.75) is 103 Å². The summed E-state index contributed by atoms with van der Waals surface area (Å²) < 4.78 is 20.5. The summed E-state index contributed by atoms with van der Waals surface area (Å²) in [6.07, 6.45) is 16.3. The molecule has 3 unspecified atom stereocenters. The number of halogens is 1. The van der Waals surface area contributed by atoms with E-state index in [0.717, 1.165) is 37.5 Å². The van der Waals surface area contributed by atoms with Gasteiger partial charge in [0, 0.05) is 7.11 Å². The highest BCUT2D eigenvalue weighted by Crippen LogP contribution is 2.46. The van der Waals surface area contributed by atoms with Crippen molar-refractivity contribution in [2.24, 2.45) is 29.6 Å². The number of hydrogen-bond acceptors (Lipinski definition) is 1. The van der Waals surface area contributed by atoms with E-state index >= 15 is 0 Å². The van der Waals surface area contributed by atoms with E-state index in [9.17, 15) is 4.39 Å². The average molecular weight is 339 g/mol. The molecule has 1 nitrogen and oxygen atoms in total. The molecule has 0 aromatic carbocycles. The van der Waals surface area contributed by atoms with Gasteiger partial charge in [-0.1, -0.05) is 32.6 Å². The van der Waals surface area contributed by atoms with Crippen LogP contribution >= 0.6 is 0 Å². The molecule has 0 radical (unpaired) electrons. The fraction of sp³-hybridized carbons (Fsp3) is 1.00. The van der Waals surface area contributed by atoms with Gasteiger partial charge in [0.2, 0.25) is 0 Å². The van der Waals surface area contributed by atoms with Gasteiger partial charge in [-0.05, 0) is 87.4 Å². The molecule has 0 spiro atoms. The van der Waals surface area contributed by atoms with Crippen molar-refractivity contribution >= 4 is 0 Å². The van der Waals surface area contributed by atoms with Crippen LogP contribution in [0.4, 0.5) is 4.39 Å². The largest absolute Gasteiger partial charge is 0.381 e. The number of hydrogen-bond donors (Lipinski definition) is 0. The Balaban J connectivity index is 1.44.